The maximum Gasteiger partial charge on any atom is 0.220 e. The fourth-order valence-corrected chi connectivity index (χ4v) is 3.37. The number of phenolic OH excluding ortho intramolecular Hbond substituents is 2. The van der Waals surface area contributed by atoms with Gasteiger partial charge in [-0.1, -0.05) is 6.07 Å². The second-order valence-electron chi connectivity index (χ2n) is 6.84. The van der Waals surface area contributed by atoms with E-state index in [4.69, 9.17) is 4.74 Å². The maximum atomic E-state index is 11.5. The molecule has 138 valence electrons. The monoisotopic (exact) mass is 364 g/mol. The SMILES string of the molecule is CC(Oc1cc(-c2ccc(O)c(O)c2)cc2ncccc12)C1CNC(=O)C1. The molecule has 0 bridgehead atoms. The molecule has 0 radical (unpaired) electrons. The Morgan fingerprint density at radius 1 is 1.15 bits per heavy atom. The molecule has 1 fully saturated rings. The van der Waals surface area contributed by atoms with Crippen LogP contribution < -0.4 is 10.1 Å². The molecule has 3 N–H and O–H groups in total. The van der Waals surface area contributed by atoms with Crippen molar-refractivity contribution in [2.24, 2.45) is 5.92 Å². The van der Waals surface area contributed by atoms with Crippen LogP contribution in [0.2, 0.25) is 0 Å². The van der Waals surface area contributed by atoms with Crippen molar-refractivity contribution in [3.05, 3.63) is 48.7 Å². The summed E-state index contributed by atoms with van der Waals surface area (Å²) in [6.07, 6.45) is 2.03. The number of hydrogen-bond acceptors (Lipinski definition) is 5. The van der Waals surface area contributed by atoms with Crippen molar-refractivity contribution < 1.29 is 19.7 Å². The summed E-state index contributed by atoms with van der Waals surface area (Å²) >= 11 is 0. The van der Waals surface area contributed by atoms with Crippen LogP contribution in [0.25, 0.3) is 22.0 Å². The van der Waals surface area contributed by atoms with Gasteiger partial charge in [0.1, 0.15) is 11.9 Å². The average molecular weight is 364 g/mol. The van der Waals surface area contributed by atoms with Gasteiger partial charge in [0, 0.05) is 30.5 Å². The van der Waals surface area contributed by atoms with Gasteiger partial charge in [0.25, 0.3) is 0 Å². The number of amides is 1. The lowest BCUT2D eigenvalue weighted by Crippen LogP contribution is -2.25. The lowest BCUT2D eigenvalue weighted by molar-refractivity contribution is -0.119. The van der Waals surface area contributed by atoms with Gasteiger partial charge in [0.05, 0.1) is 5.52 Å². The highest BCUT2D eigenvalue weighted by Crippen LogP contribution is 2.36. The zero-order chi connectivity index (χ0) is 19.0. The number of phenols is 2. The Balaban J connectivity index is 1.74. The van der Waals surface area contributed by atoms with Crippen molar-refractivity contribution in [1.29, 1.82) is 0 Å². The molecule has 1 saturated heterocycles. The zero-order valence-corrected chi connectivity index (χ0v) is 14.8. The van der Waals surface area contributed by atoms with E-state index in [0.717, 1.165) is 22.0 Å². The number of fused-ring (bicyclic) bond motifs is 1. The van der Waals surface area contributed by atoms with Crippen LogP contribution in [0.5, 0.6) is 17.2 Å². The lowest BCUT2D eigenvalue weighted by atomic mass is 10.0. The minimum atomic E-state index is -0.181. The largest absolute Gasteiger partial charge is 0.504 e. The minimum Gasteiger partial charge on any atom is -0.504 e. The Morgan fingerprint density at radius 2 is 2.00 bits per heavy atom. The molecule has 2 aromatic carbocycles. The molecule has 1 aliphatic heterocycles. The van der Waals surface area contributed by atoms with E-state index in [1.165, 1.54) is 12.1 Å². The Labute approximate surface area is 156 Å². The normalized spacial score (nSPS) is 17.7. The van der Waals surface area contributed by atoms with Gasteiger partial charge >= 0.3 is 0 Å². The number of nitrogens with zero attached hydrogens (tertiary/aromatic N) is 1. The Morgan fingerprint density at radius 3 is 2.74 bits per heavy atom. The minimum absolute atomic E-state index is 0.0512. The van der Waals surface area contributed by atoms with Gasteiger partial charge in [0.15, 0.2) is 11.5 Å². The van der Waals surface area contributed by atoms with Crippen LogP contribution in [0.1, 0.15) is 13.3 Å². The van der Waals surface area contributed by atoms with E-state index in [1.807, 2.05) is 31.2 Å². The van der Waals surface area contributed by atoms with E-state index >= 15 is 0 Å². The first kappa shape index (κ1) is 17.1. The van der Waals surface area contributed by atoms with Crippen molar-refractivity contribution in [3.63, 3.8) is 0 Å². The molecule has 27 heavy (non-hydrogen) atoms. The molecule has 0 aliphatic carbocycles. The van der Waals surface area contributed by atoms with Crippen LogP contribution in [-0.2, 0) is 4.79 Å². The second-order valence-corrected chi connectivity index (χ2v) is 6.84. The summed E-state index contributed by atoms with van der Waals surface area (Å²) in [6.45, 7) is 2.58. The Bertz CT molecular complexity index is 1020. The van der Waals surface area contributed by atoms with E-state index < -0.39 is 0 Å². The van der Waals surface area contributed by atoms with Crippen molar-refractivity contribution >= 4 is 16.8 Å². The number of nitrogens with one attached hydrogen (secondary N) is 1. The third-order valence-corrected chi connectivity index (χ3v) is 4.98. The number of rotatable bonds is 4. The quantitative estimate of drug-likeness (QED) is 0.618. The summed E-state index contributed by atoms with van der Waals surface area (Å²) in [6, 6.07) is 12.3. The third-order valence-electron chi connectivity index (χ3n) is 4.98. The molecule has 4 rings (SSSR count). The molecule has 1 aromatic heterocycles. The van der Waals surface area contributed by atoms with Gasteiger partial charge in [-0.05, 0) is 54.4 Å². The molecule has 2 atom stereocenters. The Kier molecular flexibility index (Phi) is 4.32. The van der Waals surface area contributed by atoms with Gasteiger partial charge in [-0.15, -0.1) is 0 Å². The highest BCUT2D eigenvalue weighted by atomic mass is 16.5. The first-order chi connectivity index (χ1) is 13.0. The van der Waals surface area contributed by atoms with E-state index in [-0.39, 0.29) is 29.4 Å². The number of hydrogen-bond donors (Lipinski definition) is 3. The standard InChI is InChI=1S/C21H20N2O4/c1-12(15-10-21(26)23-11-15)27-20-9-14(7-17-16(20)3-2-6-22-17)13-4-5-18(24)19(25)8-13/h2-9,12,15,24-25H,10-11H2,1H3,(H,23,26). The van der Waals surface area contributed by atoms with Gasteiger partial charge in [0.2, 0.25) is 5.91 Å². The van der Waals surface area contributed by atoms with Crippen molar-refractivity contribution in [2.75, 3.05) is 6.54 Å². The summed E-state index contributed by atoms with van der Waals surface area (Å²) in [5.74, 6) is 0.497. The van der Waals surface area contributed by atoms with Gasteiger partial charge < -0.3 is 20.3 Å². The molecule has 6 nitrogen and oxygen atoms in total. The molecule has 1 amide bonds. The maximum absolute atomic E-state index is 11.5. The van der Waals surface area contributed by atoms with Gasteiger partial charge in [-0.25, -0.2) is 0 Å². The van der Waals surface area contributed by atoms with Crippen LogP contribution in [0.3, 0.4) is 0 Å². The summed E-state index contributed by atoms with van der Waals surface area (Å²) < 4.78 is 6.23. The summed E-state index contributed by atoms with van der Waals surface area (Å²) in [7, 11) is 0. The molecule has 3 aromatic rings. The van der Waals surface area contributed by atoms with Crippen molar-refractivity contribution in [2.45, 2.75) is 19.4 Å². The number of carbonyl (C=O) groups excluding carboxylic acids is 1. The first-order valence-corrected chi connectivity index (χ1v) is 8.86. The predicted octanol–water partition coefficient (Wildman–Crippen LogP) is 3.22. The van der Waals surface area contributed by atoms with Crippen LogP contribution in [0.15, 0.2) is 48.7 Å². The number of carbonyl (C=O) groups is 1. The van der Waals surface area contributed by atoms with Crippen LogP contribution in [0, 0.1) is 5.92 Å². The highest BCUT2D eigenvalue weighted by molar-refractivity contribution is 5.90. The molecule has 0 saturated carbocycles. The first-order valence-electron chi connectivity index (χ1n) is 8.86. The zero-order valence-electron chi connectivity index (χ0n) is 14.8. The number of pyridine rings is 1. The van der Waals surface area contributed by atoms with Crippen molar-refractivity contribution in [1.82, 2.24) is 10.3 Å². The summed E-state index contributed by atoms with van der Waals surface area (Å²) in [5, 5.41) is 23.1. The molecule has 6 heteroatoms. The van der Waals surface area contributed by atoms with E-state index in [9.17, 15) is 15.0 Å². The topological polar surface area (TPSA) is 91.7 Å². The molecule has 2 heterocycles. The van der Waals surface area contributed by atoms with Crippen LogP contribution in [0.4, 0.5) is 0 Å². The third kappa shape index (κ3) is 3.38. The van der Waals surface area contributed by atoms with E-state index in [2.05, 4.69) is 10.3 Å². The molecule has 0 spiro atoms. The number of benzene rings is 2. The fourth-order valence-electron chi connectivity index (χ4n) is 3.37. The average Bonchev–Trinajstić information content (AvgIpc) is 3.10. The van der Waals surface area contributed by atoms with Crippen LogP contribution >= 0.6 is 0 Å². The van der Waals surface area contributed by atoms with E-state index in [0.29, 0.717) is 18.7 Å². The number of aromatic nitrogens is 1. The second kappa shape index (κ2) is 6.79. The summed E-state index contributed by atoms with van der Waals surface area (Å²) in [4.78, 5) is 15.9. The van der Waals surface area contributed by atoms with Crippen LogP contribution in [-0.4, -0.2) is 33.8 Å². The Hall–Kier alpha value is -3.28. The molecular formula is C21H20N2O4. The fraction of sp³-hybridized carbons (Fsp3) is 0.238. The van der Waals surface area contributed by atoms with E-state index in [1.54, 1.807) is 12.3 Å². The molecule has 1 aliphatic rings. The lowest BCUT2D eigenvalue weighted by Gasteiger charge is -2.21. The molecule has 2 unspecified atom stereocenters. The summed E-state index contributed by atoms with van der Waals surface area (Å²) in [5.41, 5.74) is 2.33. The van der Waals surface area contributed by atoms with Gasteiger partial charge in [-0.3, -0.25) is 9.78 Å². The highest BCUT2D eigenvalue weighted by Gasteiger charge is 2.28. The number of ether oxygens (including phenoxy) is 1. The molecular weight excluding hydrogens is 344 g/mol. The smallest absolute Gasteiger partial charge is 0.220 e. The number of aromatic hydroxyl groups is 2. The predicted molar refractivity (Wildman–Crippen MR) is 102 cm³/mol. The van der Waals surface area contributed by atoms with Gasteiger partial charge in [-0.2, -0.15) is 0 Å². The van der Waals surface area contributed by atoms with Crippen molar-refractivity contribution in [3.8, 4) is 28.4 Å².